The second kappa shape index (κ2) is 18.7. The van der Waals surface area contributed by atoms with Crippen LogP contribution in [0.15, 0.2) is 59.6 Å². The number of non-ortho nitro benzene ring substituents is 1. The molecule has 0 aliphatic heterocycles. The number of guanidine groups is 1. The molecule has 2 aromatic rings. The van der Waals surface area contributed by atoms with Gasteiger partial charge in [-0.3, -0.25) is 44.4 Å². The summed E-state index contributed by atoms with van der Waals surface area (Å²) >= 11 is 0. The summed E-state index contributed by atoms with van der Waals surface area (Å²) in [5.41, 5.74) is 11.4. The zero-order valence-corrected chi connectivity index (χ0v) is 22.9. The summed E-state index contributed by atoms with van der Waals surface area (Å²) in [7, 11) is 0. The minimum absolute atomic E-state index is 0.0606. The van der Waals surface area contributed by atoms with Crippen LogP contribution in [0.2, 0.25) is 0 Å². The Morgan fingerprint density at radius 2 is 1.60 bits per heavy atom. The Bertz CT molecular complexity index is 1240. The molecule has 0 spiro atoms. The maximum absolute atomic E-state index is 12.7. The number of nitrogens with zero attached hydrogens (tertiary/aromatic N) is 2. The number of amides is 4. The number of carboxylic acid groups (broad SMARTS) is 1. The Morgan fingerprint density at radius 1 is 0.976 bits per heavy atom. The molecule has 0 bridgehead atoms. The number of aliphatic imine (C=N–C) groups is 1. The summed E-state index contributed by atoms with van der Waals surface area (Å²) in [5, 5.41) is 28.4. The summed E-state index contributed by atoms with van der Waals surface area (Å²) in [6, 6.07) is 13.0. The van der Waals surface area contributed by atoms with E-state index in [0.717, 1.165) is 6.92 Å². The topological polar surface area (TPSA) is 261 Å². The fraction of sp³-hybridized carbons (Fsp3) is 0.308. The van der Waals surface area contributed by atoms with Crippen LogP contribution in [0.4, 0.5) is 11.4 Å². The molecule has 0 radical (unpaired) electrons. The molecule has 0 saturated carbocycles. The number of aliphatic carboxylic acids is 1. The number of benzene rings is 2. The highest BCUT2D eigenvalue weighted by molar-refractivity contribution is 6.00. The zero-order chi connectivity index (χ0) is 31.5. The highest BCUT2D eigenvalue weighted by Crippen LogP contribution is 2.17. The molecule has 226 valence electrons. The van der Waals surface area contributed by atoms with E-state index in [1.807, 2.05) is 0 Å². The second-order valence-corrected chi connectivity index (χ2v) is 8.53. The van der Waals surface area contributed by atoms with Crippen molar-refractivity contribution in [3.8, 4) is 0 Å². The number of rotatable bonds is 14. The molecule has 0 aliphatic carbocycles. The molecule has 0 fully saturated rings. The average Bonchev–Trinajstić information content (AvgIpc) is 2.93. The first-order chi connectivity index (χ1) is 19.9. The number of nitro benzene ring substituents is 1. The third kappa shape index (κ3) is 15.2. The predicted molar refractivity (Wildman–Crippen MR) is 153 cm³/mol. The summed E-state index contributed by atoms with van der Waals surface area (Å²) in [5.74, 6) is -3.15. The number of anilines is 1. The number of nitrogens with one attached hydrogen (secondary N) is 4. The summed E-state index contributed by atoms with van der Waals surface area (Å²) in [4.78, 5) is 72.1. The molecule has 42 heavy (non-hydrogen) atoms. The number of carbonyl (C=O) groups is 5. The van der Waals surface area contributed by atoms with Gasteiger partial charge in [-0.25, -0.2) is 0 Å². The van der Waals surface area contributed by atoms with Gasteiger partial charge in [-0.2, -0.15) is 0 Å². The highest BCUT2D eigenvalue weighted by Gasteiger charge is 2.21. The number of carboxylic acids is 1. The number of carbonyl (C=O) groups excluding carboxylic acids is 4. The van der Waals surface area contributed by atoms with Crippen LogP contribution in [0.3, 0.4) is 0 Å². The van der Waals surface area contributed by atoms with Gasteiger partial charge in [-0.05, 0) is 37.1 Å². The van der Waals surface area contributed by atoms with Crippen molar-refractivity contribution in [2.24, 2.45) is 16.5 Å². The van der Waals surface area contributed by atoms with Crippen molar-refractivity contribution in [1.82, 2.24) is 16.0 Å². The molecule has 2 rings (SSSR count). The molecule has 16 heteroatoms. The van der Waals surface area contributed by atoms with E-state index >= 15 is 0 Å². The van der Waals surface area contributed by atoms with Gasteiger partial charge in [0, 0.05) is 49.8 Å². The summed E-state index contributed by atoms with van der Waals surface area (Å²) in [6.45, 7) is 0.950. The standard InChI is InChI=1S/C24H30N8O6.C2H4O2/c25-24(26)28-13-4-7-19(30-17-8-10-18(11-9-17)32(37)38)23(36)31-21(34)15-29-20(33)12-14-27-22(35)16-5-2-1-3-6-16;1-2(3)4/h1-3,5-6,8-11,19,30H,4,7,12-15H2,(H,27,35)(H,29,33)(H4,25,26,28)(H,31,34,36);1H3,(H,3,4)/t19-;/m0./s1. The monoisotopic (exact) mass is 586 g/mol. The molecule has 0 aromatic heterocycles. The van der Waals surface area contributed by atoms with E-state index in [1.54, 1.807) is 30.3 Å². The van der Waals surface area contributed by atoms with Crippen LogP contribution in [0.1, 0.15) is 36.5 Å². The average molecular weight is 587 g/mol. The van der Waals surface area contributed by atoms with Crippen LogP contribution < -0.4 is 32.7 Å². The van der Waals surface area contributed by atoms with Crippen molar-refractivity contribution in [2.45, 2.75) is 32.2 Å². The lowest BCUT2D eigenvalue weighted by atomic mass is 10.1. The van der Waals surface area contributed by atoms with E-state index < -0.39 is 41.2 Å². The first-order valence-corrected chi connectivity index (χ1v) is 12.6. The van der Waals surface area contributed by atoms with Gasteiger partial charge >= 0.3 is 0 Å². The molecular weight excluding hydrogens is 552 g/mol. The van der Waals surface area contributed by atoms with E-state index in [1.165, 1.54) is 24.3 Å². The fourth-order valence-electron chi connectivity index (χ4n) is 3.17. The molecule has 0 saturated heterocycles. The molecule has 4 amide bonds. The quantitative estimate of drug-likeness (QED) is 0.0513. The van der Waals surface area contributed by atoms with Crippen LogP contribution in [0, 0.1) is 10.1 Å². The minimum atomic E-state index is -0.890. The molecule has 0 heterocycles. The van der Waals surface area contributed by atoms with Crippen molar-refractivity contribution >= 4 is 46.9 Å². The third-order valence-corrected chi connectivity index (χ3v) is 5.06. The second-order valence-electron chi connectivity index (χ2n) is 8.53. The predicted octanol–water partition coefficient (Wildman–Crippen LogP) is 0.0989. The van der Waals surface area contributed by atoms with Gasteiger partial charge < -0.3 is 32.5 Å². The van der Waals surface area contributed by atoms with Crippen LogP contribution in [-0.2, 0) is 19.2 Å². The summed E-state index contributed by atoms with van der Waals surface area (Å²) < 4.78 is 0. The van der Waals surface area contributed by atoms with Gasteiger partial charge in [-0.15, -0.1) is 0 Å². The molecule has 16 nitrogen and oxygen atoms in total. The van der Waals surface area contributed by atoms with E-state index in [0.29, 0.717) is 17.7 Å². The zero-order valence-electron chi connectivity index (χ0n) is 22.9. The van der Waals surface area contributed by atoms with Gasteiger partial charge in [0.05, 0.1) is 11.5 Å². The van der Waals surface area contributed by atoms with Crippen molar-refractivity contribution in [1.29, 1.82) is 0 Å². The highest BCUT2D eigenvalue weighted by atomic mass is 16.6. The van der Waals surface area contributed by atoms with Crippen molar-refractivity contribution in [2.75, 3.05) is 25.0 Å². The SMILES string of the molecule is CC(=O)O.NC(N)=NCCC[C@H](Nc1ccc([N+](=O)[O-])cc1)C(=O)NC(=O)CNC(=O)CCNC(=O)c1ccccc1. The Morgan fingerprint density at radius 3 is 2.17 bits per heavy atom. The Kier molecular flexibility index (Phi) is 15.4. The molecule has 9 N–H and O–H groups in total. The minimum Gasteiger partial charge on any atom is -0.481 e. The number of imide groups is 1. The maximum Gasteiger partial charge on any atom is 0.300 e. The largest absolute Gasteiger partial charge is 0.481 e. The van der Waals surface area contributed by atoms with Gasteiger partial charge in [0.2, 0.25) is 17.7 Å². The Hall–Kier alpha value is -5.54. The van der Waals surface area contributed by atoms with E-state index in [4.69, 9.17) is 21.4 Å². The maximum atomic E-state index is 12.7. The Labute approximate surface area is 241 Å². The number of nitrogens with two attached hydrogens (primary N) is 2. The molecule has 0 aliphatic rings. The fourth-order valence-corrected chi connectivity index (χ4v) is 3.17. The van der Waals surface area contributed by atoms with Crippen molar-refractivity contribution < 1.29 is 34.0 Å². The number of hydrogen-bond acceptors (Lipinski definition) is 9. The van der Waals surface area contributed by atoms with Gasteiger partial charge in [0.15, 0.2) is 5.96 Å². The summed E-state index contributed by atoms with van der Waals surface area (Å²) in [6.07, 6.45) is 0.574. The Balaban J connectivity index is 0.00000206. The lowest BCUT2D eigenvalue weighted by Crippen LogP contribution is -2.46. The lowest BCUT2D eigenvalue weighted by Gasteiger charge is -2.19. The normalized spacial score (nSPS) is 10.5. The van der Waals surface area contributed by atoms with Crippen LogP contribution in [0.25, 0.3) is 0 Å². The van der Waals surface area contributed by atoms with Gasteiger partial charge in [-0.1, -0.05) is 18.2 Å². The van der Waals surface area contributed by atoms with Crippen molar-refractivity contribution in [3.63, 3.8) is 0 Å². The smallest absolute Gasteiger partial charge is 0.300 e. The molecule has 0 unspecified atom stereocenters. The number of hydrogen-bond donors (Lipinski definition) is 7. The first kappa shape index (κ1) is 34.5. The number of nitro groups is 1. The van der Waals surface area contributed by atoms with Gasteiger partial charge in [0.25, 0.3) is 17.6 Å². The van der Waals surface area contributed by atoms with E-state index in [-0.39, 0.29) is 43.5 Å². The molecule has 2 aromatic carbocycles. The lowest BCUT2D eigenvalue weighted by molar-refractivity contribution is -0.384. The molecule has 1 atom stereocenters. The third-order valence-electron chi connectivity index (χ3n) is 5.06. The van der Waals surface area contributed by atoms with Gasteiger partial charge in [0.1, 0.15) is 6.04 Å². The van der Waals surface area contributed by atoms with Crippen LogP contribution in [0.5, 0.6) is 0 Å². The first-order valence-electron chi connectivity index (χ1n) is 12.6. The molecular formula is C26H34N8O8. The van der Waals surface area contributed by atoms with Crippen molar-refractivity contribution in [3.05, 3.63) is 70.3 Å². The van der Waals surface area contributed by atoms with E-state index in [2.05, 4.69) is 26.3 Å². The van der Waals surface area contributed by atoms with Crippen LogP contribution in [-0.4, -0.2) is 71.3 Å². The van der Waals surface area contributed by atoms with E-state index in [9.17, 15) is 29.3 Å². The van der Waals surface area contributed by atoms with Crippen LogP contribution >= 0.6 is 0 Å².